The van der Waals surface area contributed by atoms with E-state index in [-0.39, 0.29) is 0 Å². The van der Waals surface area contributed by atoms with Crippen LogP contribution in [-0.2, 0) is 13.0 Å². The average molecular weight is 275 g/mol. The molecule has 2 aliphatic rings. The number of benzene rings is 1. The van der Waals surface area contributed by atoms with Crippen molar-refractivity contribution in [2.24, 2.45) is 0 Å². The Morgan fingerprint density at radius 3 is 2.90 bits per heavy atom. The maximum absolute atomic E-state index is 14.2. The van der Waals surface area contributed by atoms with Gasteiger partial charge in [0.05, 0.1) is 11.4 Å². The highest BCUT2D eigenvalue weighted by Gasteiger charge is 2.33. The molecule has 2 aromatic rings. The van der Waals surface area contributed by atoms with Crippen molar-refractivity contribution in [2.75, 3.05) is 6.54 Å². The van der Waals surface area contributed by atoms with Crippen LogP contribution in [0.25, 0.3) is 5.69 Å². The number of imidazole rings is 1. The summed E-state index contributed by atoms with van der Waals surface area (Å²) in [5.74, 6) is -0.305. The van der Waals surface area contributed by atoms with E-state index in [4.69, 9.17) is 0 Å². The van der Waals surface area contributed by atoms with Gasteiger partial charge < -0.3 is 5.32 Å². The molecule has 0 spiro atoms. The second-order valence-corrected chi connectivity index (χ2v) is 5.47. The number of halogens is 2. The Labute approximate surface area is 115 Å². The SMILES string of the molecule is Fc1cccc(-n2c(C3CC3)nc3c2CCNC3)c1F. The van der Waals surface area contributed by atoms with Gasteiger partial charge in [0.1, 0.15) is 5.82 Å². The molecule has 0 bridgehead atoms. The molecule has 2 heterocycles. The van der Waals surface area contributed by atoms with Crippen LogP contribution in [0.5, 0.6) is 0 Å². The summed E-state index contributed by atoms with van der Waals surface area (Å²) in [6, 6.07) is 4.34. The van der Waals surface area contributed by atoms with Crippen molar-refractivity contribution in [1.29, 1.82) is 0 Å². The van der Waals surface area contributed by atoms with Gasteiger partial charge in [-0.15, -0.1) is 0 Å². The average Bonchev–Trinajstić information content (AvgIpc) is 3.23. The Morgan fingerprint density at radius 2 is 2.10 bits per heavy atom. The second kappa shape index (κ2) is 4.38. The van der Waals surface area contributed by atoms with Gasteiger partial charge in [0.15, 0.2) is 11.6 Å². The van der Waals surface area contributed by atoms with Crippen LogP contribution < -0.4 is 5.32 Å². The van der Waals surface area contributed by atoms with Crippen LogP contribution in [0.1, 0.15) is 36.0 Å². The minimum absolute atomic E-state index is 0.294. The number of hydrogen-bond acceptors (Lipinski definition) is 2. The summed E-state index contributed by atoms with van der Waals surface area (Å²) in [6.45, 7) is 1.55. The highest BCUT2D eigenvalue weighted by atomic mass is 19.2. The van der Waals surface area contributed by atoms with Gasteiger partial charge >= 0.3 is 0 Å². The molecule has 104 valence electrons. The van der Waals surface area contributed by atoms with Crippen molar-refractivity contribution in [2.45, 2.75) is 31.7 Å². The van der Waals surface area contributed by atoms with E-state index < -0.39 is 11.6 Å². The molecule has 0 radical (unpaired) electrons. The van der Waals surface area contributed by atoms with Crippen LogP contribution in [0.4, 0.5) is 8.78 Å². The van der Waals surface area contributed by atoms with Crippen LogP contribution in [0, 0.1) is 11.6 Å². The summed E-state index contributed by atoms with van der Waals surface area (Å²) in [5.41, 5.74) is 2.29. The molecule has 1 aliphatic carbocycles. The fraction of sp³-hybridized carbons (Fsp3) is 0.400. The molecule has 0 atom stereocenters. The summed E-state index contributed by atoms with van der Waals surface area (Å²) in [5, 5.41) is 3.27. The molecule has 0 saturated heterocycles. The smallest absolute Gasteiger partial charge is 0.182 e. The van der Waals surface area contributed by atoms with Crippen LogP contribution >= 0.6 is 0 Å². The van der Waals surface area contributed by atoms with E-state index >= 15 is 0 Å². The first-order chi connectivity index (χ1) is 9.75. The molecule has 1 saturated carbocycles. The lowest BCUT2D eigenvalue weighted by molar-refractivity contribution is 0.501. The fourth-order valence-electron chi connectivity index (χ4n) is 2.88. The summed E-state index contributed by atoms with van der Waals surface area (Å²) < 4.78 is 29.5. The first kappa shape index (κ1) is 12.0. The van der Waals surface area contributed by atoms with Crippen LogP contribution in [0.2, 0.25) is 0 Å². The van der Waals surface area contributed by atoms with E-state index in [0.29, 0.717) is 18.2 Å². The van der Waals surface area contributed by atoms with Gasteiger partial charge in [-0.3, -0.25) is 4.57 Å². The molecule has 1 aromatic heterocycles. The lowest BCUT2D eigenvalue weighted by Gasteiger charge is -2.17. The molecule has 4 rings (SSSR count). The van der Waals surface area contributed by atoms with Crippen molar-refractivity contribution in [3.8, 4) is 5.69 Å². The Kier molecular flexibility index (Phi) is 2.63. The summed E-state index contributed by atoms with van der Waals surface area (Å²) in [4.78, 5) is 4.67. The molecule has 0 unspecified atom stereocenters. The Balaban J connectivity index is 1.95. The normalized spacial score (nSPS) is 18.1. The summed E-state index contributed by atoms with van der Waals surface area (Å²) in [6.07, 6.45) is 2.96. The maximum atomic E-state index is 14.2. The highest BCUT2D eigenvalue weighted by molar-refractivity contribution is 5.41. The Hall–Kier alpha value is -1.75. The fourth-order valence-corrected chi connectivity index (χ4v) is 2.88. The standard InChI is InChI=1S/C15H15F2N3/c16-10-2-1-3-13(14(10)17)20-12-6-7-18-8-11(12)19-15(20)9-4-5-9/h1-3,9,18H,4-8H2. The van der Waals surface area contributed by atoms with Crippen LogP contribution in [0.15, 0.2) is 18.2 Å². The largest absolute Gasteiger partial charge is 0.311 e. The van der Waals surface area contributed by atoms with Crippen LogP contribution in [0.3, 0.4) is 0 Å². The number of hydrogen-bond donors (Lipinski definition) is 1. The van der Waals surface area contributed by atoms with Gasteiger partial charge in [0, 0.05) is 31.1 Å². The molecule has 20 heavy (non-hydrogen) atoms. The third-order valence-electron chi connectivity index (χ3n) is 4.03. The molecule has 0 amide bonds. The molecule has 1 fully saturated rings. The van der Waals surface area contributed by atoms with Crippen LogP contribution in [-0.4, -0.2) is 16.1 Å². The van der Waals surface area contributed by atoms with E-state index in [9.17, 15) is 8.78 Å². The lowest BCUT2D eigenvalue weighted by atomic mass is 10.1. The van der Waals surface area contributed by atoms with Gasteiger partial charge in [0.25, 0.3) is 0 Å². The predicted octanol–water partition coefficient (Wildman–Crippen LogP) is 2.67. The zero-order chi connectivity index (χ0) is 13.7. The summed E-state index contributed by atoms with van der Waals surface area (Å²) in [7, 11) is 0. The Morgan fingerprint density at radius 1 is 1.25 bits per heavy atom. The number of aromatic nitrogens is 2. The first-order valence-corrected chi connectivity index (χ1v) is 7.01. The van der Waals surface area contributed by atoms with Crippen molar-refractivity contribution in [3.05, 3.63) is 47.0 Å². The van der Waals surface area contributed by atoms with Gasteiger partial charge in [-0.2, -0.15) is 0 Å². The van der Waals surface area contributed by atoms with Crippen molar-refractivity contribution in [3.63, 3.8) is 0 Å². The lowest BCUT2D eigenvalue weighted by Crippen LogP contribution is -2.25. The predicted molar refractivity (Wildman–Crippen MR) is 70.9 cm³/mol. The van der Waals surface area contributed by atoms with E-state index in [0.717, 1.165) is 49.1 Å². The molecule has 3 nitrogen and oxygen atoms in total. The van der Waals surface area contributed by atoms with E-state index in [1.807, 2.05) is 4.57 Å². The topological polar surface area (TPSA) is 29.9 Å². The first-order valence-electron chi connectivity index (χ1n) is 7.01. The van der Waals surface area contributed by atoms with Crippen molar-refractivity contribution >= 4 is 0 Å². The van der Waals surface area contributed by atoms with E-state index in [1.165, 1.54) is 0 Å². The molecular weight excluding hydrogens is 260 g/mol. The van der Waals surface area contributed by atoms with E-state index in [2.05, 4.69) is 10.3 Å². The minimum Gasteiger partial charge on any atom is -0.311 e. The molecular formula is C15H15F2N3. The zero-order valence-electron chi connectivity index (χ0n) is 11.0. The maximum Gasteiger partial charge on any atom is 0.182 e. The number of nitrogens with zero attached hydrogens (tertiary/aromatic N) is 2. The van der Waals surface area contributed by atoms with Gasteiger partial charge in [0.2, 0.25) is 0 Å². The quantitative estimate of drug-likeness (QED) is 0.913. The molecule has 5 heteroatoms. The highest BCUT2D eigenvalue weighted by Crippen LogP contribution is 2.42. The number of nitrogens with one attached hydrogen (secondary N) is 1. The molecule has 1 aliphatic heterocycles. The second-order valence-electron chi connectivity index (χ2n) is 5.47. The monoisotopic (exact) mass is 275 g/mol. The van der Waals surface area contributed by atoms with Crippen molar-refractivity contribution < 1.29 is 8.78 Å². The minimum atomic E-state index is -0.805. The third-order valence-corrected chi connectivity index (χ3v) is 4.03. The van der Waals surface area contributed by atoms with E-state index in [1.54, 1.807) is 12.1 Å². The zero-order valence-corrected chi connectivity index (χ0v) is 11.0. The van der Waals surface area contributed by atoms with Gasteiger partial charge in [-0.1, -0.05) is 6.07 Å². The summed E-state index contributed by atoms with van der Waals surface area (Å²) >= 11 is 0. The number of fused-ring (bicyclic) bond motifs is 1. The number of rotatable bonds is 2. The van der Waals surface area contributed by atoms with Crippen molar-refractivity contribution in [1.82, 2.24) is 14.9 Å². The molecule has 1 N–H and O–H groups in total. The Bertz CT molecular complexity index is 674. The van der Waals surface area contributed by atoms with Gasteiger partial charge in [-0.25, -0.2) is 13.8 Å². The van der Waals surface area contributed by atoms with Gasteiger partial charge in [-0.05, 0) is 25.0 Å². The third kappa shape index (κ3) is 1.77. The molecule has 1 aromatic carbocycles.